The lowest BCUT2D eigenvalue weighted by molar-refractivity contribution is -0.220. The molecule has 0 aliphatic heterocycles. The molecule has 1 aliphatic rings. The van der Waals surface area contributed by atoms with Crippen molar-refractivity contribution in [3.8, 4) is 0 Å². The summed E-state index contributed by atoms with van der Waals surface area (Å²) in [5.41, 5.74) is 0. The van der Waals surface area contributed by atoms with Gasteiger partial charge in [-0.2, -0.15) is 0 Å². The largest absolute Gasteiger partial charge is 0.472 e. The molecule has 1 saturated carbocycles. The average Bonchev–Trinajstić information content (AvgIpc) is 3.21. The second kappa shape index (κ2) is 35.5. The summed E-state index contributed by atoms with van der Waals surface area (Å²) in [5, 5.41) is 74.6. The molecule has 1 fully saturated rings. The SMILES string of the molecule is CCCCCCCCCC/C=C\CCCCCCCC(O)CC(=O)NC(COP(=O)(O)OC1C(O)C(O)C(O)C(O)C1O)C(O)CCCCCCCCCCCCCC. The zero-order chi connectivity index (χ0) is 43.7. The van der Waals surface area contributed by atoms with Crippen molar-refractivity contribution in [2.45, 2.75) is 261 Å². The number of aliphatic hydroxyl groups excluding tert-OH is 7. The van der Waals surface area contributed by atoms with Gasteiger partial charge in [-0.25, -0.2) is 4.57 Å². The molecule has 9 N–H and O–H groups in total. The molecular formula is C45H88NO12P. The molecule has 0 aromatic heterocycles. The topological polar surface area (TPSA) is 226 Å². The average molecular weight is 866 g/mol. The summed E-state index contributed by atoms with van der Waals surface area (Å²) in [6.45, 7) is 3.78. The first-order chi connectivity index (χ1) is 28.3. The number of hydrogen-bond acceptors (Lipinski definition) is 11. The highest BCUT2D eigenvalue weighted by Gasteiger charge is 2.51. The fourth-order valence-corrected chi connectivity index (χ4v) is 8.68. The van der Waals surface area contributed by atoms with Crippen LogP contribution in [0.5, 0.6) is 0 Å². The Morgan fingerprint density at radius 3 is 1.39 bits per heavy atom. The van der Waals surface area contributed by atoms with E-state index in [1.807, 2.05) is 0 Å². The lowest BCUT2D eigenvalue weighted by Crippen LogP contribution is -2.64. The minimum absolute atomic E-state index is 0.225. The molecule has 0 spiro atoms. The summed E-state index contributed by atoms with van der Waals surface area (Å²) in [4.78, 5) is 23.4. The van der Waals surface area contributed by atoms with E-state index in [0.29, 0.717) is 12.8 Å². The number of rotatable bonds is 39. The number of phosphoric acid groups is 1. The van der Waals surface area contributed by atoms with Gasteiger partial charge in [-0.3, -0.25) is 13.8 Å². The van der Waals surface area contributed by atoms with Crippen LogP contribution in [-0.2, 0) is 18.4 Å². The molecule has 59 heavy (non-hydrogen) atoms. The first-order valence-corrected chi connectivity index (χ1v) is 25.2. The van der Waals surface area contributed by atoms with Gasteiger partial charge in [-0.05, 0) is 38.5 Å². The predicted molar refractivity (Wildman–Crippen MR) is 234 cm³/mol. The zero-order valence-corrected chi connectivity index (χ0v) is 37.8. The molecule has 13 nitrogen and oxygen atoms in total. The Morgan fingerprint density at radius 2 is 0.949 bits per heavy atom. The molecule has 8 unspecified atom stereocenters. The molecule has 0 aromatic carbocycles. The van der Waals surface area contributed by atoms with Gasteiger partial charge >= 0.3 is 7.82 Å². The Morgan fingerprint density at radius 1 is 0.576 bits per heavy atom. The van der Waals surface area contributed by atoms with Gasteiger partial charge in [-0.15, -0.1) is 0 Å². The van der Waals surface area contributed by atoms with Gasteiger partial charge in [0.15, 0.2) is 0 Å². The number of allylic oxidation sites excluding steroid dienone is 2. The van der Waals surface area contributed by atoms with E-state index in [4.69, 9.17) is 9.05 Å². The molecule has 8 atom stereocenters. The van der Waals surface area contributed by atoms with Crippen molar-refractivity contribution >= 4 is 13.7 Å². The summed E-state index contributed by atoms with van der Waals surface area (Å²) >= 11 is 0. The van der Waals surface area contributed by atoms with Crippen LogP contribution in [0.4, 0.5) is 0 Å². The third-order valence-corrected chi connectivity index (χ3v) is 12.6. The lowest BCUT2D eigenvalue weighted by Gasteiger charge is -2.41. The first-order valence-electron chi connectivity index (χ1n) is 23.7. The molecular weight excluding hydrogens is 777 g/mol. The van der Waals surface area contributed by atoms with Gasteiger partial charge in [0.2, 0.25) is 5.91 Å². The van der Waals surface area contributed by atoms with E-state index in [-0.39, 0.29) is 12.8 Å². The number of nitrogens with one attached hydrogen (secondary N) is 1. The number of phosphoric ester groups is 1. The Kier molecular flexibility index (Phi) is 33.7. The smallest absolute Gasteiger partial charge is 0.393 e. The number of carbonyl (C=O) groups excluding carboxylic acids is 1. The van der Waals surface area contributed by atoms with Crippen molar-refractivity contribution in [2.75, 3.05) is 6.61 Å². The van der Waals surface area contributed by atoms with Gasteiger partial charge in [0, 0.05) is 0 Å². The summed E-state index contributed by atoms with van der Waals surface area (Å²) < 4.78 is 22.9. The highest BCUT2D eigenvalue weighted by molar-refractivity contribution is 7.47. The fourth-order valence-electron chi connectivity index (χ4n) is 7.71. The Bertz CT molecular complexity index is 1070. The third-order valence-electron chi connectivity index (χ3n) is 11.6. The van der Waals surface area contributed by atoms with Gasteiger partial charge < -0.3 is 46.0 Å². The predicted octanol–water partition coefficient (Wildman–Crippen LogP) is 7.81. The summed E-state index contributed by atoms with van der Waals surface area (Å²) in [6, 6.07) is -1.15. The minimum Gasteiger partial charge on any atom is -0.393 e. The quantitative estimate of drug-likeness (QED) is 0.0164. The van der Waals surface area contributed by atoms with E-state index in [0.717, 1.165) is 70.6 Å². The Labute approximate surface area is 357 Å². The number of unbranched alkanes of at least 4 members (excludes halogenated alkanes) is 24. The maximum Gasteiger partial charge on any atom is 0.472 e. The fraction of sp³-hybridized carbons (Fsp3) is 0.933. The van der Waals surface area contributed by atoms with Crippen LogP contribution in [0.2, 0.25) is 0 Å². The van der Waals surface area contributed by atoms with Gasteiger partial charge in [0.05, 0.1) is 31.3 Å². The maximum atomic E-state index is 13.0. The van der Waals surface area contributed by atoms with Crippen molar-refractivity contribution in [3.63, 3.8) is 0 Å². The van der Waals surface area contributed by atoms with Gasteiger partial charge in [0.25, 0.3) is 0 Å². The van der Waals surface area contributed by atoms with Crippen LogP contribution in [0.15, 0.2) is 12.2 Å². The van der Waals surface area contributed by atoms with Crippen LogP contribution in [-0.4, -0.2) is 108 Å². The summed E-state index contributed by atoms with van der Waals surface area (Å²) in [7, 11) is -5.11. The molecule has 0 radical (unpaired) electrons. The molecule has 1 aliphatic carbocycles. The molecule has 14 heteroatoms. The monoisotopic (exact) mass is 866 g/mol. The maximum absolute atomic E-state index is 13.0. The zero-order valence-electron chi connectivity index (χ0n) is 36.9. The van der Waals surface area contributed by atoms with Crippen LogP contribution < -0.4 is 5.32 Å². The van der Waals surface area contributed by atoms with E-state index >= 15 is 0 Å². The van der Waals surface area contributed by atoms with Crippen LogP contribution in [0, 0.1) is 0 Å². The van der Waals surface area contributed by atoms with Crippen molar-refractivity contribution < 1.29 is 59.0 Å². The number of hydrogen-bond donors (Lipinski definition) is 9. The Hall–Kier alpha value is -0.960. The number of amides is 1. The Balaban J connectivity index is 2.50. The molecule has 0 bridgehead atoms. The van der Waals surface area contributed by atoms with Crippen molar-refractivity contribution in [2.24, 2.45) is 0 Å². The van der Waals surface area contributed by atoms with Crippen LogP contribution >= 0.6 is 7.82 Å². The van der Waals surface area contributed by atoms with E-state index in [1.54, 1.807) is 0 Å². The van der Waals surface area contributed by atoms with Crippen LogP contribution in [0.25, 0.3) is 0 Å². The summed E-state index contributed by atoms with van der Waals surface area (Å²) in [5.74, 6) is -0.564. The number of aliphatic hydroxyl groups is 7. The van der Waals surface area contributed by atoms with E-state index < -0.39 is 75.2 Å². The van der Waals surface area contributed by atoms with E-state index in [1.165, 1.54) is 96.3 Å². The highest BCUT2D eigenvalue weighted by atomic mass is 31.2. The second-order valence-electron chi connectivity index (χ2n) is 17.1. The molecule has 0 heterocycles. The van der Waals surface area contributed by atoms with Crippen molar-refractivity contribution in [1.29, 1.82) is 0 Å². The number of carbonyl (C=O) groups is 1. The standard InChI is InChI=1S/C45H88NO12P/c1-3-5-7-9-11-13-15-17-18-19-20-21-22-24-26-28-30-32-36(47)34-39(49)46-37(38(48)33-31-29-27-25-23-16-14-12-10-8-6-4-2)35-57-59(55,56)58-45-43(53)41(51)40(50)42(52)44(45)54/h19-20,36-38,40-45,47-48,50-54H,3-18,21-35H2,1-2H3,(H,46,49)(H,55,56)/b20-19-. The molecule has 350 valence electrons. The molecule has 1 rings (SSSR count). The van der Waals surface area contributed by atoms with Crippen molar-refractivity contribution in [1.82, 2.24) is 5.32 Å². The van der Waals surface area contributed by atoms with Crippen molar-refractivity contribution in [3.05, 3.63) is 12.2 Å². The van der Waals surface area contributed by atoms with Crippen LogP contribution in [0.1, 0.15) is 206 Å². The molecule has 0 aromatic rings. The highest BCUT2D eigenvalue weighted by Crippen LogP contribution is 2.47. The van der Waals surface area contributed by atoms with Gasteiger partial charge in [-0.1, -0.05) is 174 Å². The first kappa shape index (κ1) is 56.1. The molecule has 1 amide bonds. The van der Waals surface area contributed by atoms with Crippen LogP contribution in [0.3, 0.4) is 0 Å². The lowest BCUT2D eigenvalue weighted by atomic mass is 9.85. The normalized spacial score (nSPS) is 23.6. The minimum atomic E-state index is -5.11. The van der Waals surface area contributed by atoms with E-state index in [9.17, 15) is 50.0 Å². The summed E-state index contributed by atoms with van der Waals surface area (Å²) in [6.07, 6.45) is 22.6. The van der Waals surface area contributed by atoms with E-state index in [2.05, 4.69) is 31.3 Å². The second-order valence-corrected chi connectivity index (χ2v) is 18.6. The third kappa shape index (κ3) is 27.7. The molecule has 0 saturated heterocycles. The van der Waals surface area contributed by atoms with Gasteiger partial charge in [0.1, 0.15) is 36.6 Å².